The van der Waals surface area contributed by atoms with E-state index in [-0.39, 0.29) is 5.69 Å². The normalized spacial score (nSPS) is 10.6. The maximum atomic E-state index is 13.6. The van der Waals surface area contributed by atoms with E-state index in [4.69, 9.17) is 0 Å². The number of hydrogen-bond donors (Lipinski definition) is 2. The van der Waals surface area contributed by atoms with Gasteiger partial charge in [-0.25, -0.2) is 23.1 Å². The second-order valence-electron chi connectivity index (χ2n) is 5.91. The smallest absolute Gasteiger partial charge is 0.275 e. The molecule has 138 valence electrons. The summed E-state index contributed by atoms with van der Waals surface area (Å²) in [6.45, 7) is 3.90. The van der Waals surface area contributed by atoms with Crippen molar-refractivity contribution in [3.63, 3.8) is 0 Å². The fraction of sp³-hybridized carbons (Fsp3) is 0.105. The maximum absolute atomic E-state index is 13.6. The molecule has 1 heterocycles. The summed E-state index contributed by atoms with van der Waals surface area (Å²) in [5.41, 5.74) is 2.34. The van der Waals surface area contributed by atoms with E-state index in [1.807, 2.05) is 32.0 Å². The minimum absolute atomic E-state index is 0.106. The molecule has 0 aliphatic carbocycles. The third kappa shape index (κ3) is 4.05. The van der Waals surface area contributed by atoms with Crippen LogP contribution >= 0.6 is 0 Å². The molecule has 2 N–H and O–H groups in total. The number of carbonyl (C=O) groups is 1. The minimum Gasteiger partial charge on any atom is -0.339 e. The summed E-state index contributed by atoms with van der Waals surface area (Å²) in [7, 11) is 0. The number of rotatable bonds is 4. The van der Waals surface area contributed by atoms with Crippen molar-refractivity contribution >= 4 is 23.1 Å². The fourth-order valence-electron chi connectivity index (χ4n) is 2.33. The molecule has 2 aromatic carbocycles. The van der Waals surface area contributed by atoms with Gasteiger partial charge in [0, 0.05) is 5.69 Å². The van der Waals surface area contributed by atoms with Crippen LogP contribution in [-0.4, -0.2) is 15.9 Å². The van der Waals surface area contributed by atoms with Gasteiger partial charge in [0.15, 0.2) is 17.5 Å². The van der Waals surface area contributed by atoms with Gasteiger partial charge in [-0.15, -0.1) is 0 Å². The van der Waals surface area contributed by atoms with Crippen molar-refractivity contribution in [1.82, 2.24) is 9.97 Å². The van der Waals surface area contributed by atoms with Crippen molar-refractivity contribution in [1.29, 1.82) is 0 Å². The summed E-state index contributed by atoms with van der Waals surface area (Å²) in [5.74, 6) is -4.87. The molecule has 0 aliphatic heterocycles. The second-order valence-corrected chi connectivity index (χ2v) is 5.91. The molecule has 0 saturated carbocycles. The Morgan fingerprint density at radius 3 is 2.41 bits per heavy atom. The first-order valence-corrected chi connectivity index (χ1v) is 7.96. The first-order valence-electron chi connectivity index (χ1n) is 7.96. The predicted molar refractivity (Wildman–Crippen MR) is 95.5 cm³/mol. The molecule has 0 aliphatic rings. The fourth-order valence-corrected chi connectivity index (χ4v) is 2.33. The van der Waals surface area contributed by atoms with E-state index in [9.17, 15) is 18.0 Å². The van der Waals surface area contributed by atoms with Crippen molar-refractivity contribution in [3.05, 3.63) is 77.0 Å². The van der Waals surface area contributed by atoms with E-state index in [0.29, 0.717) is 5.82 Å². The quantitative estimate of drug-likeness (QED) is 0.662. The van der Waals surface area contributed by atoms with E-state index >= 15 is 0 Å². The molecule has 1 aromatic heterocycles. The molecule has 0 saturated heterocycles. The van der Waals surface area contributed by atoms with Gasteiger partial charge in [-0.3, -0.25) is 4.79 Å². The Morgan fingerprint density at radius 2 is 1.70 bits per heavy atom. The summed E-state index contributed by atoms with van der Waals surface area (Å²) in [6, 6.07) is 7.54. The molecule has 0 bridgehead atoms. The molecule has 0 unspecified atom stereocenters. The third-order valence-electron chi connectivity index (χ3n) is 3.82. The molecule has 0 atom stereocenters. The van der Waals surface area contributed by atoms with Crippen LogP contribution in [0, 0.1) is 31.3 Å². The average Bonchev–Trinajstić information content (AvgIpc) is 2.65. The highest BCUT2D eigenvalue weighted by Crippen LogP contribution is 2.21. The predicted octanol–water partition coefficient (Wildman–Crippen LogP) is 4.51. The zero-order chi connectivity index (χ0) is 19.6. The number of anilines is 3. The SMILES string of the molecule is Cc1ccc(C)c(Nc2cnc(C(=O)Nc3ccc(F)c(F)c3F)cn2)c1. The van der Waals surface area contributed by atoms with Crippen LogP contribution in [0.4, 0.5) is 30.4 Å². The number of aryl methyl sites for hydroxylation is 2. The van der Waals surface area contributed by atoms with Gasteiger partial charge in [-0.2, -0.15) is 0 Å². The molecule has 5 nitrogen and oxygen atoms in total. The largest absolute Gasteiger partial charge is 0.339 e. The van der Waals surface area contributed by atoms with Gasteiger partial charge >= 0.3 is 0 Å². The van der Waals surface area contributed by atoms with E-state index in [0.717, 1.165) is 28.9 Å². The maximum Gasteiger partial charge on any atom is 0.275 e. The van der Waals surface area contributed by atoms with E-state index in [2.05, 4.69) is 20.6 Å². The van der Waals surface area contributed by atoms with Crippen molar-refractivity contribution in [2.75, 3.05) is 10.6 Å². The van der Waals surface area contributed by atoms with Crippen molar-refractivity contribution < 1.29 is 18.0 Å². The van der Waals surface area contributed by atoms with Crippen molar-refractivity contribution in [2.24, 2.45) is 0 Å². The van der Waals surface area contributed by atoms with Gasteiger partial charge in [-0.1, -0.05) is 12.1 Å². The zero-order valence-corrected chi connectivity index (χ0v) is 14.5. The van der Waals surface area contributed by atoms with Gasteiger partial charge in [0.25, 0.3) is 5.91 Å². The Balaban J connectivity index is 1.74. The van der Waals surface area contributed by atoms with Gasteiger partial charge < -0.3 is 10.6 Å². The van der Waals surface area contributed by atoms with E-state index in [1.165, 1.54) is 12.4 Å². The van der Waals surface area contributed by atoms with E-state index < -0.39 is 29.0 Å². The van der Waals surface area contributed by atoms with Crippen LogP contribution in [0.2, 0.25) is 0 Å². The van der Waals surface area contributed by atoms with Crippen LogP contribution in [0.5, 0.6) is 0 Å². The molecule has 3 aromatic rings. The first kappa shape index (κ1) is 18.4. The summed E-state index contributed by atoms with van der Waals surface area (Å²) >= 11 is 0. The van der Waals surface area contributed by atoms with Crippen LogP contribution in [0.1, 0.15) is 21.6 Å². The average molecular weight is 372 g/mol. The van der Waals surface area contributed by atoms with Crippen LogP contribution in [0.3, 0.4) is 0 Å². The summed E-state index contributed by atoms with van der Waals surface area (Å²) < 4.78 is 39.8. The lowest BCUT2D eigenvalue weighted by Crippen LogP contribution is -2.16. The molecule has 8 heteroatoms. The summed E-state index contributed by atoms with van der Waals surface area (Å²) in [4.78, 5) is 20.2. The van der Waals surface area contributed by atoms with Gasteiger partial charge in [0.05, 0.1) is 18.1 Å². The molecule has 0 spiro atoms. The zero-order valence-electron chi connectivity index (χ0n) is 14.5. The number of carbonyl (C=O) groups excluding carboxylic acids is 1. The second kappa shape index (κ2) is 7.45. The number of aromatic nitrogens is 2. The topological polar surface area (TPSA) is 66.9 Å². The lowest BCUT2D eigenvalue weighted by atomic mass is 10.1. The number of amides is 1. The molecule has 0 radical (unpaired) electrons. The summed E-state index contributed by atoms with van der Waals surface area (Å²) in [6.07, 6.45) is 2.54. The Morgan fingerprint density at radius 1 is 0.926 bits per heavy atom. The van der Waals surface area contributed by atoms with Gasteiger partial charge in [0.1, 0.15) is 11.5 Å². The molecule has 0 fully saturated rings. The Hall–Kier alpha value is -3.42. The molecule has 3 rings (SSSR count). The lowest BCUT2D eigenvalue weighted by Gasteiger charge is -2.10. The molecule has 27 heavy (non-hydrogen) atoms. The van der Waals surface area contributed by atoms with E-state index in [1.54, 1.807) is 0 Å². The number of benzene rings is 2. The highest BCUT2D eigenvalue weighted by molar-refractivity contribution is 6.02. The Kier molecular flexibility index (Phi) is 5.07. The Bertz CT molecular complexity index is 1010. The lowest BCUT2D eigenvalue weighted by molar-refractivity contribution is 0.102. The van der Waals surface area contributed by atoms with Crippen LogP contribution in [-0.2, 0) is 0 Å². The van der Waals surface area contributed by atoms with Gasteiger partial charge in [0.2, 0.25) is 0 Å². The van der Waals surface area contributed by atoms with Crippen LogP contribution in [0.15, 0.2) is 42.7 Å². The molecular formula is C19H15F3N4O. The molecular weight excluding hydrogens is 357 g/mol. The first-order chi connectivity index (χ1) is 12.8. The van der Waals surface area contributed by atoms with Crippen molar-refractivity contribution in [3.8, 4) is 0 Å². The highest BCUT2D eigenvalue weighted by Gasteiger charge is 2.17. The highest BCUT2D eigenvalue weighted by atomic mass is 19.2. The standard InChI is InChI=1S/C19H15F3N4O/c1-10-3-4-11(2)14(7-10)25-16-9-23-15(8-24-16)19(27)26-13-6-5-12(20)17(21)18(13)22/h3-9H,1-2H3,(H,24,25)(H,26,27). The van der Waals surface area contributed by atoms with Crippen LogP contribution < -0.4 is 10.6 Å². The monoisotopic (exact) mass is 372 g/mol. The number of nitrogens with zero attached hydrogens (tertiary/aromatic N) is 2. The number of nitrogens with one attached hydrogen (secondary N) is 2. The van der Waals surface area contributed by atoms with Crippen molar-refractivity contribution in [2.45, 2.75) is 13.8 Å². The van der Waals surface area contributed by atoms with Crippen LogP contribution in [0.25, 0.3) is 0 Å². The number of halogens is 3. The van der Waals surface area contributed by atoms with Gasteiger partial charge in [-0.05, 0) is 43.2 Å². The Labute approximate surface area is 153 Å². The molecule has 1 amide bonds. The minimum atomic E-state index is -1.66. The summed E-state index contributed by atoms with van der Waals surface area (Å²) in [5, 5.41) is 5.23. The third-order valence-corrected chi connectivity index (χ3v) is 3.82. The number of hydrogen-bond acceptors (Lipinski definition) is 4.